The molecule has 1 aromatic rings. The number of nitrogens with zero attached hydrogens (tertiary/aromatic N) is 2. The van der Waals surface area contributed by atoms with E-state index < -0.39 is 0 Å². The molecule has 1 N–H and O–H groups in total. The van der Waals surface area contributed by atoms with E-state index in [0.29, 0.717) is 11.6 Å². The Bertz CT molecular complexity index is 487. The van der Waals surface area contributed by atoms with Gasteiger partial charge >= 0.3 is 0 Å². The zero-order valence-electron chi connectivity index (χ0n) is 12.2. The molecule has 1 fully saturated rings. The van der Waals surface area contributed by atoms with E-state index in [-0.39, 0.29) is 0 Å². The van der Waals surface area contributed by atoms with E-state index >= 15 is 0 Å². The van der Waals surface area contributed by atoms with Crippen molar-refractivity contribution in [2.45, 2.75) is 32.7 Å². The molecule has 4 heteroatoms. The third-order valence-electron chi connectivity index (χ3n) is 3.94. The molecule has 0 bridgehead atoms. The molecule has 2 rings (SSSR count). The zero-order valence-corrected chi connectivity index (χ0v) is 13.8. The molecule has 1 saturated heterocycles. The SMILES string of the molecule is CC(C)N(CC1CCNCC1)c1ccc(C#N)c(Br)c1. The van der Waals surface area contributed by atoms with Gasteiger partial charge < -0.3 is 10.2 Å². The number of hydrogen-bond acceptors (Lipinski definition) is 3. The van der Waals surface area contributed by atoms with E-state index in [1.54, 1.807) is 0 Å². The molecule has 108 valence electrons. The normalized spacial score (nSPS) is 16.1. The van der Waals surface area contributed by atoms with E-state index in [1.165, 1.54) is 18.5 Å². The summed E-state index contributed by atoms with van der Waals surface area (Å²) in [6, 6.07) is 8.69. The summed E-state index contributed by atoms with van der Waals surface area (Å²) in [7, 11) is 0. The smallest absolute Gasteiger partial charge is 0.100 e. The van der Waals surface area contributed by atoms with Gasteiger partial charge in [-0.1, -0.05) is 0 Å². The summed E-state index contributed by atoms with van der Waals surface area (Å²) in [6.07, 6.45) is 2.50. The van der Waals surface area contributed by atoms with Crippen LogP contribution in [0.3, 0.4) is 0 Å². The number of halogens is 1. The van der Waals surface area contributed by atoms with Crippen LogP contribution in [0, 0.1) is 17.2 Å². The predicted molar refractivity (Wildman–Crippen MR) is 86.9 cm³/mol. The van der Waals surface area contributed by atoms with Crippen molar-refractivity contribution in [3.63, 3.8) is 0 Å². The van der Waals surface area contributed by atoms with E-state index in [2.05, 4.69) is 58.2 Å². The Labute approximate surface area is 130 Å². The van der Waals surface area contributed by atoms with Gasteiger partial charge in [0, 0.05) is 22.7 Å². The van der Waals surface area contributed by atoms with Gasteiger partial charge in [0.15, 0.2) is 0 Å². The van der Waals surface area contributed by atoms with Crippen molar-refractivity contribution in [1.82, 2.24) is 5.32 Å². The van der Waals surface area contributed by atoms with Crippen LogP contribution in [0.4, 0.5) is 5.69 Å². The lowest BCUT2D eigenvalue weighted by atomic mass is 9.96. The molecule has 3 nitrogen and oxygen atoms in total. The first-order chi connectivity index (χ1) is 9.61. The first-order valence-corrected chi connectivity index (χ1v) is 8.08. The van der Waals surface area contributed by atoms with Crippen LogP contribution in [0.5, 0.6) is 0 Å². The summed E-state index contributed by atoms with van der Waals surface area (Å²) < 4.78 is 0.883. The van der Waals surface area contributed by atoms with Crippen LogP contribution >= 0.6 is 15.9 Å². The van der Waals surface area contributed by atoms with Gasteiger partial charge in [-0.2, -0.15) is 5.26 Å². The molecule has 0 radical (unpaired) electrons. The Hall–Kier alpha value is -1.05. The van der Waals surface area contributed by atoms with Crippen molar-refractivity contribution in [3.8, 4) is 6.07 Å². The number of nitriles is 1. The minimum absolute atomic E-state index is 0.463. The molecule has 1 heterocycles. The number of rotatable bonds is 4. The molecule has 0 aromatic heterocycles. The molecule has 0 spiro atoms. The van der Waals surface area contributed by atoms with E-state index in [4.69, 9.17) is 5.26 Å². The third kappa shape index (κ3) is 3.74. The van der Waals surface area contributed by atoms with Crippen LogP contribution in [0.25, 0.3) is 0 Å². The lowest BCUT2D eigenvalue weighted by Crippen LogP contribution is -2.39. The molecule has 0 aliphatic carbocycles. The minimum atomic E-state index is 0.463. The van der Waals surface area contributed by atoms with Crippen molar-refractivity contribution in [2.75, 3.05) is 24.5 Å². The highest BCUT2D eigenvalue weighted by atomic mass is 79.9. The highest BCUT2D eigenvalue weighted by Gasteiger charge is 2.19. The van der Waals surface area contributed by atoms with Crippen molar-refractivity contribution < 1.29 is 0 Å². The maximum Gasteiger partial charge on any atom is 0.100 e. The van der Waals surface area contributed by atoms with Crippen molar-refractivity contribution in [2.24, 2.45) is 5.92 Å². The lowest BCUT2D eigenvalue weighted by molar-refractivity contribution is 0.368. The summed E-state index contributed by atoms with van der Waals surface area (Å²) >= 11 is 3.49. The fourth-order valence-electron chi connectivity index (χ4n) is 2.73. The van der Waals surface area contributed by atoms with Crippen LogP contribution in [0.2, 0.25) is 0 Å². The minimum Gasteiger partial charge on any atom is -0.369 e. The predicted octanol–water partition coefficient (Wildman–Crippen LogP) is 3.54. The number of piperidine rings is 1. The zero-order chi connectivity index (χ0) is 14.5. The molecule has 1 aliphatic heterocycles. The van der Waals surface area contributed by atoms with Gasteiger partial charge in [0.2, 0.25) is 0 Å². The standard InChI is InChI=1S/C16H22BrN3/c1-12(2)20(11-13-5-7-19-8-6-13)15-4-3-14(10-18)16(17)9-15/h3-4,9,12-13,19H,5-8,11H2,1-2H3. The molecular formula is C16H22BrN3. The summed E-state index contributed by atoms with van der Waals surface area (Å²) in [5.74, 6) is 0.757. The maximum absolute atomic E-state index is 9.02. The van der Waals surface area contributed by atoms with Crippen LogP contribution in [-0.4, -0.2) is 25.7 Å². The summed E-state index contributed by atoms with van der Waals surface area (Å²) in [6.45, 7) is 7.82. The van der Waals surface area contributed by atoms with E-state index in [0.717, 1.165) is 30.0 Å². The van der Waals surface area contributed by atoms with Crippen molar-refractivity contribution >= 4 is 21.6 Å². The molecule has 20 heavy (non-hydrogen) atoms. The topological polar surface area (TPSA) is 39.1 Å². The van der Waals surface area contributed by atoms with E-state index in [9.17, 15) is 0 Å². The second-order valence-corrected chi connectivity index (χ2v) is 6.57. The first-order valence-electron chi connectivity index (χ1n) is 7.29. The Kier molecular flexibility index (Phi) is 5.45. The fourth-order valence-corrected chi connectivity index (χ4v) is 3.19. The summed E-state index contributed by atoms with van der Waals surface area (Å²) in [5.41, 5.74) is 1.89. The second kappa shape index (κ2) is 7.10. The highest BCUT2D eigenvalue weighted by molar-refractivity contribution is 9.10. The largest absolute Gasteiger partial charge is 0.369 e. The molecule has 0 unspecified atom stereocenters. The Morgan fingerprint density at radius 3 is 2.65 bits per heavy atom. The van der Waals surface area contributed by atoms with Crippen LogP contribution < -0.4 is 10.2 Å². The van der Waals surface area contributed by atoms with Crippen LogP contribution in [0.15, 0.2) is 22.7 Å². The van der Waals surface area contributed by atoms with E-state index in [1.807, 2.05) is 6.07 Å². The number of benzene rings is 1. The molecule has 0 saturated carbocycles. The van der Waals surface area contributed by atoms with Gasteiger partial charge in [-0.15, -0.1) is 0 Å². The lowest BCUT2D eigenvalue weighted by Gasteiger charge is -2.34. The van der Waals surface area contributed by atoms with Gasteiger partial charge in [-0.25, -0.2) is 0 Å². The summed E-state index contributed by atoms with van der Waals surface area (Å²) in [4.78, 5) is 2.45. The highest BCUT2D eigenvalue weighted by Crippen LogP contribution is 2.27. The molecule has 1 aliphatic rings. The monoisotopic (exact) mass is 335 g/mol. The summed E-state index contributed by atoms with van der Waals surface area (Å²) in [5, 5.41) is 12.4. The molecular weight excluding hydrogens is 314 g/mol. The quantitative estimate of drug-likeness (QED) is 0.914. The average molecular weight is 336 g/mol. The molecule has 1 aromatic carbocycles. The number of hydrogen-bond donors (Lipinski definition) is 1. The average Bonchev–Trinajstić information content (AvgIpc) is 2.45. The van der Waals surface area contributed by atoms with Gasteiger partial charge in [-0.3, -0.25) is 0 Å². The fraction of sp³-hybridized carbons (Fsp3) is 0.562. The van der Waals surface area contributed by atoms with Gasteiger partial charge in [0.05, 0.1) is 5.56 Å². The Morgan fingerprint density at radius 1 is 1.40 bits per heavy atom. The Morgan fingerprint density at radius 2 is 2.10 bits per heavy atom. The first kappa shape index (κ1) is 15.3. The second-order valence-electron chi connectivity index (χ2n) is 5.72. The van der Waals surface area contributed by atoms with Gasteiger partial charge in [0.1, 0.15) is 6.07 Å². The third-order valence-corrected chi connectivity index (χ3v) is 4.60. The number of anilines is 1. The Balaban J connectivity index is 2.15. The van der Waals surface area contributed by atoms with Crippen LogP contribution in [0.1, 0.15) is 32.3 Å². The van der Waals surface area contributed by atoms with Gasteiger partial charge in [0.25, 0.3) is 0 Å². The van der Waals surface area contributed by atoms with Crippen LogP contribution in [-0.2, 0) is 0 Å². The van der Waals surface area contributed by atoms with Gasteiger partial charge in [-0.05, 0) is 79.8 Å². The molecule has 0 amide bonds. The number of nitrogens with one attached hydrogen (secondary N) is 1. The molecule has 0 atom stereocenters. The maximum atomic E-state index is 9.02. The van der Waals surface area contributed by atoms with Crippen molar-refractivity contribution in [3.05, 3.63) is 28.2 Å². The van der Waals surface area contributed by atoms with Crippen molar-refractivity contribution in [1.29, 1.82) is 5.26 Å².